The van der Waals surface area contributed by atoms with Crippen molar-refractivity contribution >= 4 is 94.0 Å². The summed E-state index contributed by atoms with van der Waals surface area (Å²) in [7, 11) is 1.54. The Morgan fingerprint density at radius 1 is 0.600 bits per heavy atom. The van der Waals surface area contributed by atoms with Crippen LogP contribution in [0.1, 0.15) is 130 Å². The van der Waals surface area contributed by atoms with Crippen molar-refractivity contribution in [3.63, 3.8) is 0 Å². The van der Waals surface area contributed by atoms with Crippen molar-refractivity contribution in [1.29, 1.82) is 0 Å². The van der Waals surface area contributed by atoms with Gasteiger partial charge in [0.15, 0.2) is 17.3 Å². The Hall–Kier alpha value is -7.93. The lowest BCUT2D eigenvalue weighted by molar-refractivity contribution is -0.138. The van der Waals surface area contributed by atoms with Gasteiger partial charge in [-0.25, -0.2) is 0 Å². The molecule has 0 bridgehead atoms. The minimum Gasteiger partial charge on any atom is -0.493 e. The maximum Gasteiger partial charge on any atom is 0.260 e. The Labute approximate surface area is 619 Å². The van der Waals surface area contributed by atoms with Gasteiger partial charge in [-0.05, 0) is 110 Å². The highest BCUT2D eigenvalue weighted by atomic mass is 32.2. The lowest BCUT2D eigenvalue weighted by Gasteiger charge is -2.23. The first-order chi connectivity index (χ1) is 51.0. The normalized spacial score (nSPS) is 17.9. The zero-order chi connectivity index (χ0) is 74.5. The molecule has 2 fully saturated rings. The Morgan fingerprint density at radius 2 is 1.14 bits per heavy atom. The van der Waals surface area contributed by atoms with Gasteiger partial charge >= 0.3 is 0 Å². The van der Waals surface area contributed by atoms with Crippen molar-refractivity contribution in [2.24, 2.45) is 27.7 Å². The van der Waals surface area contributed by atoms with Gasteiger partial charge in [0.2, 0.25) is 29.5 Å². The highest BCUT2D eigenvalue weighted by molar-refractivity contribution is 8.00. The number of imide groups is 1. The number of hydrogen-bond donors (Lipinski definition) is 3. The molecule has 0 aromatic heterocycles. The molecule has 28 heteroatoms. The molecule has 3 N–H and O–H groups in total. The van der Waals surface area contributed by atoms with Crippen molar-refractivity contribution in [2.75, 3.05) is 150 Å². The van der Waals surface area contributed by atoms with Gasteiger partial charge in [0.05, 0.1) is 172 Å². The van der Waals surface area contributed by atoms with Crippen LogP contribution in [-0.2, 0) is 66.7 Å². The highest BCUT2D eigenvalue weighted by Crippen LogP contribution is 2.44. The van der Waals surface area contributed by atoms with Crippen LogP contribution in [0.5, 0.6) is 17.2 Å². The number of fused-ring (bicyclic) bond motifs is 4. The predicted molar refractivity (Wildman–Crippen MR) is 396 cm³/mol. The van der Waals surface area contributed by atoms with E-state index in [0.717, 1.165) is 53.9 Å². The first kappa shape index (κ1) is 81.2. The molecule has 9 rings (SSSR count). The Bertz CT molecular complexity index is 3560. The first-order valence-corrected chi connectivity index (χ1v) is 37.9. The van der Waals surface area contributed by atoms with E-state index < -0.39 is 12.0 Å². The van der Waals surface area contributed by atoms with Gasteiger partial charge < -0.3 is 77.9 Å². The summed E-state index contributed by atoms with van der Waals surface area (Å²) in [6, 6.07) is 13.4. The fraction of sp³-hybridized carbons (Fsp3) is 0.584. The SMILES string of the molecule is CCSC1CC(=O)N(CCC(=O)NCCOCCOCCOCCOCCOCCOCCOCCOCCC(=O)N[C@@H](C(=O)C[C@H](C)C(=O)Nc2ccc(C3=CN4C(=O)c5cc(OC)c(OCCCCCOc6cc7c(cc6C)C(=O)N6C=C(C8CC8)C[C@@H]6C=N7)cc5N=C[C@H]4C3)cc2)C(C)C)C1=O. The molecule has 0 radical (unpaired) electrons. The van der Waals surface area contributed by atoms with Crippen LogP contribution in [0.2, 0.25) is 0 Å². The highest BCUT2D eigenvalue weighted by Gasteiger charge is 2.40. The second-order valence-corrected chi connectivity index (χ2v) is 28.3. The molecule has 27 nitrogen and oxygen atoms in total. The molecule has 1 unspecified atom stereocenters. The van der Waals surface area contributed by atoms with E-state index >= 15 is 0 Å². The molecule has 5 aliphatic heterocycles. The molecule has 5 atom stereocenters. The number of methoxy groups -OCH3 is 1. The van der Waals surface area contributed by atoms with Gasteiger partial charge in [0.1, 0.15) is 5.75 Å². The zero-order valence-electron chi connectivity index (χ0n) is 61.5. The second kappa shape index (κ2) is 42.4. The zero-order valence-corrected chi connectivity index (χ0v) is 62.3. The standard InChI is InChI=1S/C77H104N8O19S/c1-7-105-69-46-72(89)83(77(69)93)20-17-70(87)78-19-24-96-26-28-98-30-32-100-34-36-102-38-37-101-35-33-99-31-29-97-27-25-95-23-18-71(88)82-73(51(2)3)65(86)40-53(5)74(90)81-58-15-13-55(14-16-58)57-42-60-48-80-64-45-68(67(94-6)43-62(64)76(92)85(60)50-57)104-22-10-8-9-21-103-66-44-63-61(39-52(66)4)75(91)84-49-56(54-11-12-54)41-59(84)47-79-63/h13-16,39,43-45,47-51,53-54,59-60,69,73H,7-12,17-38,40-42,46H2,1-6H3,(H,78,87)(H,81,90)(H,82,88)/t53-,59+,60+,69?,73+/m0/s1. The van der Waals surface area contributed by atoms with E-state index in [1.807, 2.05) is 75.5 Å². The number of thioether (sulfide) groups is 1. The molecule has 1 aliphatic carbocycles. The number of ketones is 1. The van der Waals surface area contributed by atoms with Crippen LogP contribution in [0.4, 0.5) is 17.1 Å². The van der Waals surface area contributed by atoms with Gasteiger partial charge in [0.25, 0.3) is 11.8 Å². The van der Waals surface area contributed by atoms with Gasteiger partial charge in [-0.1, -0.05) is 39.8 Å². The number of amides is 7. The van der Waals surface area contributed by atoms with Gasteiger partial charge in [-0.2, -0.15) is 0 Å². The molecule has 105 heavy (non-hydrogen) atoms. The summed E-state index contributed by atoms with van der Waals surface area (Å²) in [4.78, 5) is 118. The minimum absolute atomic E-state index is 0.0137. The lowest BCUT2D eigenvalue weighted by atomic mass is 9.92. The third kappa shape index (κ3) is 24.8. The smallest absolute Gasteiger partial charge is 0.260 e. The molecule has 572 valence electrons. The molecule has 1 saturated carbocycles. The van der Waals surface area contributed by atoms with Crippen LogP contribution >= 0.6 is 11.8 Å². The van der Waals surface area contributed by atoms with E-state index in [-0.39, 0.29) is 116 Å². The van der Waals surface area contributed by atoms with Crippen LogP contribution in [0.25, 0.3) is 5.57 Å². The Kier molecular flexibility index (Phi) is 32.8. The molecule has 5 heterocycles. The van der Waals surface area contributed by atoms with E-state index in [2.05, 4.69) is 16.0 Å². The van der Waals surface area contributed by atoms with Crippen LogP contribution in [-0.4, -0.2) is 243 Å². The number of hydrogen-bond acceptors (Lipinski definition) is 22. The van der Waals surface area contributed by atoms with E-state index in [9.17, 15) is 38.4 Å². The van der Waals surface area contributed by atoms with Crippen molar-refractivity contribution in [3.05, 3.63) is 88.8 Å². The van der Waals surface area contributed by atoms with E-state index in [1.165, 1.54) is 35.1 Å². The molecule has 7 amide bonds. The van der Waals surface area contributed by atoms with Crippen LogP contribution in [0.15, 0.2) is 76.5 Å². The van der Waals surface area contributed by atoms with Crippen molar-refractivity contribution in [1.82, 2.24) is 25.3 Å². The number of unbranched alkanes of at least 4 members (excludes halogenated alkanes) is 2. The third-order valence-corrected chi connectivity index (χ3v) is 19.6. The fourth-order valence-electron chi connectivity index (χ4n) is 12.5. The third-order valence-electron chi connectivity index (χ3n) is 18.5. The number of anilines is 1. The number of aryl methyl sites for hydroxylation is 1. The average molecular weight is 1480 g/mol. The summed E-state index contributed by atoms with van der Waals surface area (Å²) in [6.07, 6.45) is 14.0. The summed E-state index contributed by atoms with van der Waals surface area (Å²) < 4.78 is 62.4. The van der Waals surface area contributed by atoms with Crippen LogP contribution in [0.3, 0.4) is 0 Å². The summed E-state index contributed by atoms with van der Waals surface area (Å²) in [5.41, 5.74) is 6.71. The minimum atomic E-state index is -0.782. The van der Waals surface area contributed by atoms with E-state index in [4.69, 9.17) is 62.1 Å². The molecule has 3 aromatic carbocycles. The lowest BCUT2D eigenvalue weighted by Crippen LogP contribution is -2.45. The maximum absolute atomic E-state index is 14.1. The Morgan fingerprint density at radius 3 is 1.71 bits per heavy atom. The molecular weight excluding hydrogens is 1370 g/mol. The number of carbonyl (C=O) groups is 8. The van der Waals surface area contributed by atoms with Crippen molar-refractivity contribution in [2.45, 2.75) is 129 Å². The van der Waals surface area contributed by atoms with Crippen LogP contribution in [0, 0.1) is 24.7 Å². The van der Waals surface area contributed by atoms with E-state index in [1.54, 1.807) is 49.4 Å². The van der Waals surface area contributed by atoms with Gasteiger partial charge in [-0.15, -0.1) is 11.8 Å². The number of aliphatic imine (C=N–C) groups is 2. The largest absolute Gasteiger partial charge is 0.493 e. The van der Waals surface area contributed by atoms with E-state index in [0.29, 0.717) is 164 Å². The number of Topliss-reactive ketones (excluding diaryl/α,β-unsaturated/α-hetero) is 1. The predicted octanol–water partition coefficient (Wildman–Crippen LogP) is 8.41. The first-order valence-electron chi connectivity index (χ1n) is 36.8. The summed E-state index contributed by atoms with van der Waals surface area (Å²) in [5.74, 6) is 0.283. The number of benzene rings is 3. The molecular formula is C77H104N8O19S. The number of carbonyl (C=O) groups excluding carboxylic acids is 8. The summed E-state index contributed by atoms with van der Waals surface area (Å²) >= 11 is 1.45. The maximum atomic E-state index is 14.1. The molecule has 6 aliphatic rings. The quantitative estimate of drug-likeness (QED) is 0.0353. The molecule has 1 saturated heterocycles. The Balaban J connectivity index is 0.552. The summed E-state index contributed by atoms with van der Waals surface area (Å²) in [5, 5.41) is 8.15. The number of nitrogens with one attached hydrogen (secondary N) is 3. The number of nitrogens with zero attached hydrogens (tertiary/aromatic N) is 5. The van der Waals surface area contributed by atoms with Gasteiger partial charge in [0, 0.05) is 93.8 Å². The van der Waals surface area contributed by atoms with Crippen LogP contribution < -0.4 is 30.2 Å². The monoisotopic (exact) mass is 1480 g/mol. The van der Waals surface area contributed by atoms with Crippen molar-refractivity contribution in [3.8, 4) is 17.2 Å². The fourth-order valence-corrected chi connectivity index (χ4v) is 13.4. The average Bonchev–Trinajstić information content (AvgIpc) is 1.66. The molecule has 3 aromatic rings. The number of ether oxygens (including phenoxy) is 11. The second-order valence-electron chi connectivity index (χ2n) is 26.8. The number of likely N-dealkylation sites (tertiary alicyclic amines) is 1. The topological polar surface area (TPSA) is 309 Å². The summed E-state index contributed by atoms with van der Waals surface area (Å²) in [6.45, 7) is 16.4. The van der Waals surface area contributed by atoms with Crippen molar-refractivity contribution < 1.29 is 90.5 Å². The van der Waals surface area contributed by atoms with Gasteiger partial charge in [-0.3, -0.25) is 53.2 Å². The number of rotatable bonds is 50. The molecule has 0 spiro atoms.